The number of nitrogens with zero attached hydrogens (tertiary/aromatic N) is 1. The van der Waals surface area contributed by atoms with Gasteiger partial charge < -0.3 is 4.74 Å². The minimum absolute atomic E-state index is 0.0198. The van der Waals surface area contributed by atoms with Crippen molar-refractivity contribution in [3.8, 4) is 17.0 Å². The number of anilines is 1. The zero-order chi connectivity index (χ0) is 19.4. The molecule has 2 aromatic carbocycles. The fourth-order valence-corrected chi connectivity index (χ4v) is 3.65. The first-order valence-corrected chi connectivity index (χ1v) is 10.1. The summed E-state index contributed by atoms with van der Waals surface area (Å²) in [6.45, 7) is -2.94. The van der Waals surface area contributed by atoms with Crippen LogP contribution in [0.3, 0.4) is 0 Å². The lowest BCUT2D eigenvalue weighted by Gasteiger charge is -2.08. The second-order valence-electron chi connectivity index (χ2n) is 5.21. The average Bonchev–Trinajstić information content (AvgIpc) is 3.10. The Labute approximate surface area is 167 Å². The summed E-state index contributed by atoms with van der Waals surface area (Å²) < 4.78 is 29.7. The van der Waals surface area contributed by atoms with Gasteiger partial charge in [-0.05, 0) is 36.6 Å². The van der Waals surface area contributed by atoms with Crippen LogP contribution in [0.1, 0.15) is 10.4 Å². The van der Waals surface area contributed by atoms with E-state index >= 15 is 0 Å². The summed E-state index contributed by atoms with van der Waals surface area (Å²) in [6.07, 6.45) is 1.90. The molecule has 0 atom stereocenters. The Morgan fingerprint density at radius 1 is 1.30 bits per heavy atom. The first-order chi connectivity index (χ1) is 13.0. The lowest BCUT2D eigenvalue weighted by atomic mass is 10.1. The zero-order valence-electron chi connectivity index (χ0n) is 13.9. The number of ether oxygens (including phenoxy) is 1. The molecule has 1 heterocycles. The van der Waals surface area contributed by atoms with Gasteiger partial charge in [0, 0.05) is 15.8 Å². The Bertz CT molecular complexity index is 966. The van der Waals surface area contributed by atoms with Gasteiger partial charge in [-0.3, -0.25) is 10.1 Å². The summed E-state index contributed by atoms with van der Waals surface area (Å²) in [5.41, 5.74) is 1.18. The Morgan fingerprint density at radius 3 is 2.81 bits per heavy atom. The minimum Gasteiger partial charge on any atom is -0.434 e. The summed E-state index contributed by atoms with van der Waals surface area (Å²) in [6, 6.07) is 11.5. The smallest absolute Gasteiger partial charge is 0.387 e. The summed E-state index contributed by atoms with van der Waals surface area (Å²) >= 11 is 8.78. The summed E-state index contributed by atoms with van der Waals surface area (Å²) in [4.78, 5) is 17.7. The van der Waals surface area contributed by atoms with E-state index in [0.717, 1.165) is 4.90 Å². The maximum atomic E-state index is 12.6. The molecule has 3 rings (SSSR count). The van der Waals surface area contributed by atoms with Crippen LogP contribution in [0.15, 0.2) is 52.7 Å². The monoisotopic (exact) mass is 426 g/mol. The Balaban J connectivity index is 1.82. The van der Waals surface area contributed by atoms with E-state index in [-0.39, 0.29) is 5.75 Å². The van der Waals surface area contributed by atoms with Crippen molar-refractivity contribution in [1.29, 1.82) is 0 Å². The third kappa shape index (κ3) is 4.77. The number of benzene rings is 2. The number of amides is 1. The van der Waals surface area contributed by atoms with Gasteiger partial charge in [0.25, 0.3) is 5.91 Å². The highest BCUT2D eigenvalue weighted by molar-refractivity contribution is 7.98. The maximum Gasteiger partial charge on any atom is 0.387 e. The SMILES string of the molecule is CSc1ccc(Cl)c(C(=O)Nc2nc(-c3ccccc3OC(F)F)cs2)c1. The highest BCUT2D eigenvalue weighted by Crippen LogP contribution is 2.33. The van der Waals surface area contributed by atoms with Gasteiger partial charge in [-0.1, -0.05) is 23.7 Å². The van der Waals surface area contributed by atoms with Gasteiger partial charge in [0.1, 0.15) is 5.75 Å². The predicted octanol–water partition coefficient (Wildman–Crippen LogP) is 6.04. The molecule has 0 bridgehead atoms. The van der Waals surface area contributed by atoms with Crippen molar-refractivity contribution in [3.05, 3.63) is 58.4 Å². The number of thiazole rings is 1. The van der Waals surface area contributed by atoms with Crippen LogP contribution >= 0.6 is 34.7 Å². The molecular weight excluding hydrogens is 414 g/mol. The molecule has 0 aliphatic rings. The number of carbonyl (C=O) groups excluding carboxylic acids is 1. The van der Waals surface area contributed by atoms with Crippen LogP contribution in [0.2, 0.25) is 5.02 Å². The van der Waals surface area contributed by atoms with E-state index < -0.39 is 12.5 Å². The van der Waals surface area contributed by atoms with Gasteiger partial charge in [0.05, 0.1) is 16.3 Å². The number of nitrogens with one attached hydrogen (secondary N) is 1. The maximum absolute atomic E-state index is 12.6. The van der Waals surface area contributed by atoms with Crippen molar-refractivity contribution in [2.24, 2.45) is 0 Å². The van der Waals surface area contributed by atoms with Crippen molar-refractivity contribution in [2.75, 3.05) is 11.6 Å². The summed E-state index contributed by atoms with van der Waals surface area (Å²) in [7, 11) is 0. The number of para-hydroxylation sites is 1. The van der Waals surface area contributed by atoms with Crippen LogP contribution in [0, 0.1) is 0 Å². The molecule has 1 aromatic heterocycles. The van der Waals surface area contributed by atoms with Crippen molar-refractivity contribution >= 4 is 45.7 Å². The molecule has 27 heavy (non-hydrogen) atoms. The fourth-order valence-electron chi connectivity index (χ4n) is 2.30. The quantitative estimate of drug-likeness (QED) is 0.488. The van der Waals surface area contributed by atoms with Gasteiger partial charge in [-0.25, -0.2) is 4.98 Å². The van der Waals surface area contributed by atoms with Gasteiger partial charge in [-0.15, -0.1) is 23.1 Å². The first kappa shape index (κ1) is 19.6. The van der Waals surface area contributed by atoms with Crippen LogP contribution in [0.5, 0.6) is 5.75 Å². The number of carbonyl (C=O) groups is 1. The highest BCUT2D eigenvalue weighted by atomic mass is 35.5. The minimum atomic E-state index is -2.94. The number of aromatic nitrogens is 1. The van der Waals surface area contributed by atoms with Crippen molar-refractivity contribution in [2.45, 2.75) is 11.5 Å². The van der Waals surface area contributed by atoms with Gasteiger partial charge in [-0.2, -0.15) is 8.78 Å². The average molecular weight is 427 g/mol. The molecule has 0 unspecified atom stereocenters. The molecule has 140 valence electrons. The van der Waals surface area contributed by atoms with Crippen LogP contribution < -0.4 is 10.1 Å². The van der Waals surface area contributed by atoms with Gasteiger partial charge >= 0.3 is 6.61 Å². The van der Waals surface area contributed by atoms with E-state index in [0.29, 0.717) is 27.0 Å². The molecule has 0 spiro atoms. The number of thioether (sulfide) groups is 1. The van der Waals surface area contributed by atoms with E-state index in [9.17, 15) is 13.6 Å². The molecule has 0 radical (unpaired) electrons. The largest absolute Gasteiger partial charge is 0.434 e. The molecule has 0 saturated carbocycles. The van der Waals surface area contributed by atoms with Gasteiger partial charge in [0.2, 0.25) is 0 Å². The summed E-state index contributed by atoms with van der Waals surface area (Å²) in [5, 5.41) is 5.00. The fraction of sp³-hybridized carbons (Fsp3) is 0.111. The standard InChI is InChI=1S/C18H13ClF2N2O2S2/c1-26-10-6-7-13(19)12(8-10)16(24)23-18-22-14(9-27-18)11-4-2-3-5-15(11)25-17(20)21/h2-9,17H,1H3,(H,22,23,24). The number of hydrogen-bond acceptors (Lipinski definition) is 5. The van der Waals surface area contributed by atoms with Gasteiger partial charge in [0.15, 0.2) is 5.13 Å². The van der Waals surface area contributed by atoms with E-state index in [1.165, 1.54) is 29.2 Å². The molecule has 1 N–H and O–H groups in total. The van der Waals surface area contributed by atoms with Crippen LogP contribution in [-0.4, -0.2) is 23.8 Å². The van der Waals surface area contributed by atoms with E-state index in [4.69, 9.17) is 11.6 Å². The Hall–Kier alpha value is -2.16. The first-order valence-electron chi connectivity index (χ1n) is 7.62. The number of rotatable bonds is 6. The lowest BCUT2D eigenvalue weighted by Crippen LogP contribution is -2.12. The highest BCUT2D eigenvalue weighted by Gasteiger charge is 2.16. The second kappa shape index (κ2) is 8.69. The normalized spacial score (nSPS) is 10.9. The van der Waals surface area contributed by atoms with Crippen molar-refractivity contribution in [1.82, 2.24) is 4.98 Å². The van der Waals surface area contributed by atoms with Crippen LogP contribution in [0.25, 0.3) is 11.3 Å². The molecular formula is C18H13ClF2N2O2S2. The predicted molar refractivity (Wildman–Crippen MR) is 105 cm³/mol. The van der Waals surface area contributed by atoms with Crippen LogP contribution in [-0.2, 0) is 0 Å². The summed E-state index contributed by atoms with van der Waals surface area (Å²) in [5.74, 6) is -0.375. The molecule has 0 saturated heterocycles. The number of alkyl halides is 2. The third-order valence-corrected chi connectivity index (χ3v) is 5.33. The van der Waals surface area contributed by atoms with E-state index in [1.54, 1.807) is 35.7 Å². The molecule has 3 aromatic rings. The Kier molecular flexibility index (Phi) is 6.30. The Morgan fingerprint density at radius 2 is 2.07 bits per heavy atom. The zero-order valence-corrected chi connectivity index (χ0v) is 16.3. The second-order valence-corrected chi connectivity index (χ2v) is 7.36. The van der Waals surface area contributed by atoms with E-state index in [1.807, 2.05) is 12.3 Å². The third-order valence-electron chi connectivity index (χ3n) is 3.52. The van der Waals surface area contributed by atoms with Crippen molar-refractivity contribution in [3.63, 3.8) is 0 Å². The lowest BCUT2D eigenvalue weighted by molar-refractivity contribution is -0.0494. The molecule has 0 aliphatic carbocycles. The molecule has 0 fully saturated rings. The topological polar surface area (TPSA) is 51.2 Å². The molecule has 4 nitrogen and oxygen atoms in total. The molecule has 1 amide bonds. The molecule has 9 heteroatoms. The molecule has 0 aliphatic heterocycles. The van der Waals surface area contributed by atoms with E-state index in [2.05, 4.69) is 15.0 Å². The number of hydrogen-bond donors (Lipinski definition) is 1. The number of halogens is 3. The van der Waals surface area contributed by atoms with Crippen molar-refractivity contribution < 1.29 is 18.3 Å². The van der Waals surface area contributed by atoms with Crippen LogP contribution in [0.4, 0.5) is 13.9 Å².